The van der Waals surface area contributed by atoms with Gasteiger partial charge in [-0.2, -0.15) is 0 Å². The van der Waals surface area contributed by atoms with Gasteiger partial charge in [0.1, 0.15) is 6.67 Å². The van der Waals surface area contributed by atoms with E-state index in [0.29, 0.717) is 22.2 Å². The van der Waals surface area contributed by atoms with Crippen LogP contribution in [-0.4, -0.2) is 22.9 Å². The van der Waals surface area contributed by atoms with Crippen molar-refractivity contribution in [2.24, 2.45) is 4.99 Å². The molecule has 1 heterocycles. The van der Waals surface area contributed by atoms with Crippen LogP contribution < -0.4 is 4.90 Å². The highest BCUT2D eigenvalue weighted by atomic mass is 32.2. The van der Waals surface area contributed by atoms with E-state index in [4.69, 9.17) is 0 Å². The molecule has 1 amide bonds. The number of anilines is 1. The van der Waals surface area contributed by atoms with Gasteiger partial charge >= 0.3 is 0 Å². The maximum Gasteiger partial charge on any atom is 0.243 e. The van der Waals surface area contributed by atoms with E-state index in [2.05, 4.69) is 4.99 Å². The number of halogens is 1. The molecule has 1 saturated heterocycles. The monoisotopic (exact) mass is 266 g/mol. The number of amidine groups is 1. The normalized spacial score (nSPS) is 18.1. The summed E-state index contributed by atoms with van der Waals surface area (Å²) in [6.45, 7) is 3.40. The van der Waals surface area contributed by atoms with E-state index in [0.717, 1.165) is 0 Å². The molecule has 0 atom stereocenters. The zero-order chi connectivity index (χ0) is 13.1. The van der Waals surface area contributed by atoms with Crippen molar-refractivity contribution in [3.8, 4) is 0 Å². The van der Waals surface area contributed by atoms with Crippen molar-refractivity contribution in [2.75, 3.05) is 10.7 Å². The lowest BCUT2D eigenvalue weighted by molar-refractivity contribution is -0.115. The molecule has 0 saturated carbocycles. The van der Waals surface area contributed by atoms with Gasteiger partial charge in [-0.25, -0.2) is 4.39 Å². The molecule has 1 aromatic carbocycles. The molecular weight excluding hydrogens is 251 g/mol. The summed E-state index contributed by atoms with van der Waals surface area (Å²) in [6, 6.07) is 7.09. The summed E-state index contributed by atoms with van der Waals surface area (Å²) in [4.78, 5) is 17.9. The Morgan fingerprint density at radius 2 is 2.28 bits per heavy atom. The van der Waals surface area contributed by atoms with Gasteiger partial charge in [-0.3, -0.25) is 14.7 Å². The minimum atomic E-state index is -0.528. The Kier molecular flexibility index (Phi) is 4.01. The lowest BCUT2D eigenvalue weighted by Gasteiger charge is -2.17. The van der Waals surface area contributed by atoms with E-state index in [1.165, 1.54) is 11.8 Å². The number of carbonyl (C=O) groups is 1. The first-order valence-corrected chi connectivity index (χ1v) is 6.79. The van der Waals surface area contributed by atoms with Gasteiger partial charge in [-0.15, -0.1) is 0 Å². The smallest absolute Gasteiger partial charge is 0.243 e. The van der Waals surface area contributed by atoms with Crippen molar-refractivity contribution in [2.45, 2.75) is 26.6 Å². The zero-order valence-corrected chi connectivity index (χ0v) is 11.2. The molecule has 0 unspecified atom stereocenters. The van der Waals surface area contributed by atoms with Crippen LogP contribution in [0.1, 0.15) is 19.4 Å². The molecule has 3 nitrogen and oxygen atoms in total. The highest BCUT2D eigenvalue weighted by molar-refractivity contribution is 8.15. The van der Waals surface area contributed by atoms with Crippen molar-refractivity contribution >= 4 is 28.5 Å². The summed E-state index contributed by atoms with van der Waals surface area (Å²) in [7, 11) is 0. The molecule has 1 fully saturated rings. The molecule has 0 bridgehead atoms. The second-order valence-corrected chi connectivity index (χ2v) is 5.27. The summed E-state index contributed by atoms with van der Waals surface area (Å²) >= 11 is 1.43. The number of benzene rings is 1. The first-order chi connectivity index (χ1) is 8.61. The van der Waals surface area contributed by atoms with E-state index in [-0.39, 0.29) is 11.9 Å². The van der Waals surface area contributed by atoms with Crippen LogP contribution in [-0.2, 0) is 11.5 Å². The van der Waals surface area contributed by atoms with Gasteiger partial charge in [-0.05, 0) is 31.5 Å². The van der Waals surface area contributed by atoms with Crippen LogP contribution in [0, 0.1) is 0 Å². The van der Waals surface area contributed by atoms with Crippen LogP contribution in [0.15, 0.2) is 29.3 Å². The fourth-order valence-corrected chi connectivity index (χ4v) is 2.71. The number of aliphatic imine (C=N–C) groups is 1. The predicted molar refractivity (Wildman–Crippen MR) is 73.8 cm³/mol. The van der Waals surface area contributed by atoms with Crippen molar-refractivity contribution in [1.82, 2.24) is 0 Å². The third kappa shape index (κ3) is 2.72. The molecule has 1 aliphatic heterocycles. The van der Waals surface area contributed by atoms with Crippen molar-refractivity contribution < 1.29 is 9.18 Å². The zero-order valence-electron chi connectivity index (χ0n) is 10.4. The summed E-state index contributed by atoms with van der Waals surface area (Å²) in [6.07, 6.45) is 0. The molecule has 0 aromatic heterocycles. The molecule has 1 aromatic rings. The Morgan fingerprint density at radius 3 is 2.94 bits per heavy atom. The van der Waals surface area contributed by atoms with Crippen LogP contribution in [0.2, 0.25) is 0 Å². The number of carbonyl (C=O) groups excluding carboxylic acids is 1. The topological polar surface area (TPSA) is 32.7 Å². The second-order valence-electron chi connectivity index (χ2n) is 4.33. The van der Waals surface area contributed by atoms with Gasteiger partial charge in [-0.1, -0.05) is 23.9 Å². The average molecular weight is 266 g/mol. The quantitative estimate of drug-likeness (QED) is 0.842. The van der Waals surface area contributed by atoms with Crippen molar-refractivity contribution in [3.05, 3.63) is 29.8 Å². The lowest BCUT2D eigenvalue weighted by atomic mass is 10.2. The average Bonchev–Trinajstić information content (AvgIpc) is 2.70. The number of alkyl halides is 1. The fourth-order valence-electron chi connectivity index (χ4n) is 1.71. The van der Waals surface area contributed by atoms with Gasteiger partial charge in [0.25, 0.3) is 0 Å². The molecule has 18 heavy (non-hydrogen) atoms. The van der Waals surface area contributed by atoms with Gasteiger partial charge < -0.3 is 0 Å². The highest BCUT2D eigenvalue weighted by Crippen LogP contribution is 2.27. The Labute approximate surface area is 110 Å². The maximum absolute atomic E-state index is 12.7. The first kappa shape index (κ1) is 13.1. The van der Waals surface area contributed by atoms with Crippen LogP contribution in [0.4, 0.5) is 10.1 Å². The molecule has 1 aliphatic rings. The number of hydrogen-bond donors (Lipinski definition) is 0. The minimum absolute atomic E-state index is 0.00425. The Balaban J connectivity index is 2.36. The molecule has 2 rings (SSSR count). The van der Waals surface area contributed by atoms with Gasteiger partial charge in [0.05, 0.1) is 11.4 Å². The van der Waals surface area contributed by atoms with Crippen LogP contribution in [0.25, 0.3) is 0 Å². The van der Waals surface area contributed by atoms with Crippen LogP contribution >= 0.6 is 11.8 Å². The van der Waals surface area contributed by atoms with Gasteiger partial charge in [0.15, 0.2) is 5.17 Å². The van der Waals surface area contributed by atoms with E-state index >= 15 is 0 Å². The van der Waals surface area contributed by atoms with Gasteiger partial charge in [0, 0.05) is 6.04 Å². The Bertz CT molecular complexity index is 488. The number of hydrogen-bond acceptors (Lipinski definition) is 3. The summed E-state index contributed by atoms with van der Waals surface area (Å²) in [5.74, 6) is 0.390. The molecule has 0 spiro atoms. The largest absolute Gasteiger partial charge is 0.273 e. The number of rotatable bonds is 3. The summed E-state index contributed by atoms with van der Waals surface area (Å²) < 4.78 is 12.7. The molecule has 5 heteroatoms. The molecule has 0 radical (unpaired) electrons. The van der Waals surface area contributed by atoms with E-state index < -0.39 is 6.67 Å². The first-order valence-electron chi connectivity index (χ1n) is 5.80. The summed E-state index contributed by atoms with van der Waals surface area (Å²) in [5, 5.41) is 0.700. The molecule has 0 aliphatic carbocycles. The fraction of sp³-hybridized carbons (Fsp3) is 0.385. The standard InChI is InChI=1S/C13H15FN2OS/c1-9(2)15-13-16(12(17)8-18-13)11-5-3-4-10(6-11)7-14/h3-6,9H,7-8H2,1-2H3. The predicted octanol–water partition coefficient (Wildman–Crippen LogP) is 3.00. The SMILES string of the molecule is CC(C)N=C1SCC(=O)N1c1cccc(CF)c1. The number of amides is 1. The highest BCUT2D eigenvalue weighted by Gasteiger charge is 2.29. The lowest BCUT2D eigenvalue weighted by Crippen LogP contribution is -2.29. The molecular formula is C13H15FN2OS. The molecule has 0 N–H and O–H groups in total. The van der Waals surface area contributed by atoms with Crippen LogP contribution in [0.3, 0.4) is 0 Å². The number of nitrogens with zero attached hydrogens (tertiary/aromatic N) is 2. The maximum atomic E-state index is 12.7. The Hall–Kier alpha value is -1.36. The Morgan fingerprint density at radius 1 is 1.50 bits per heavy atom. The third-order valence-corrected chi connectivity index (χ3v) is 3.39. The minimum Gasteiger partial charge on any atom is -0.273 e. The van der Waals surface area contributed by atoms with E-state index in [1.54, 1.807) is 29.2 Å². The third-order valence-electron chi connectivity index (χ3n) is 2.46. The van der Waals surface area contributed by atoms with Gasteiger partial charge in [0.2, 0.25) is 5.91 Å². The number of thioether (sulfide) groups is 1. The van der Waals surface area contributed by atoms with E-state index in [9.17, 15) is 9.18 Å². The van der Waals surface area contributed by atoms with Crippen molar-refractivity contribution in [3.63, 3.8) is 0 Å². The van der Waals surface area contributed by atoms with Crippen molar-refractivity contribution in [1.29, 1.82) is 0 Å². The van der Waals surface area contributed by atoms with E-state index in [1.807, 2.05) is 13.8 Å². The van der Waals surface area contributed by atoms with Crippen LogP contribution in [0.5, 0.6) is 0 Å². The summed E-state index contributed by atoms with van der Waals surface area (Å²) in [5.41, 5.74) is 1.26. The molecule has 96 valence electrons. The second kappa shape index (κ2) is 5.52.